The number of rotatable bonds is 3. The highest BCUT2D eigenvalue weighted by Gasteiger charge is 2.12. The second-order valence-electron chi connectivity index (χ2n) is 2.09. The maximum atomic E-state index is 10.6. The number of nitrogens with two attached hydrogens (primary N) is 2. The number of esters is 2. The summed E-state index contributed by atoms with van der Waals surface area (Å²) in [7, 11) is 0. The maximum absolute atomic E-state index is 10.6. The predicted molar refractivity (Wildman–Crippen MR) is 40.6 cm³/mol. The van der Waals surface area contributed by atoms with Crippen molar-refractivity contribution in [3.05, 3.63) is 0 Å². The van der Waals surface area contributed by atoms with Crippen molar-refractivity contribution in [3.8, 4) is 0 Å². The smallest absolute Gasteiger partial charge is 0.376 e. The van der Waals surface area contributed by atoms with E-state index in [2.05, 4.69) is 20.9 Å². The van der Waals surface area contributed by atoms with Gasteiger partial charge in [-0.15, -0.1) is 0 Å². The number of amides is 2. The Bertz CT molecular complexity index is 245. The first-order valence-corrected chi connectivity index (χ1v) is 3.42. The van der Waals surface area contributed by atoms with Crippen LogP contribution in [-0.2, 0) is 19.1 Å². The summed E-state index contributed by atoms with van der Waals surface area (Å²) in [6.07, 6.45) is -3.37. The normalized spacial score (nSPS) is 8.86. The first-order chi connectivity index (χ1) is 6.41. The first-order valence-electron chi connectivity index (χ1n) is 3.42. The summed E-state index contributed by atoms with van der Waals surface area (Å²) in [5.74, 6) is -1.97. The molecule has 0 aliphatic rings. The van der Waals surface area contributed by atoms with Crippen LogP contribution >= 0.6 is 0 Å². The Labute approximate surface area is 78.1 Å². The summed E-state index contributed by atoms with van der Waals surface area (Å²) in [5.41, 5.74) is 9.02. The average Bonchev–Trinajstić information content (AvgIpc) is 1.98. The van der Waals surface area contributed by atoms with Crippen LogP contribution in [0.1, 0.15) is 12.8 Å². The van der Waals surface area contributed by atoms with Crippen LogP contribution < -0.4 is 11.5 Å². The summed E-state index contributed by atoms with van der Waals surface area (Å²) >= 11 is 0. The van der Waals surface area contributed by atoms with E-state index < -0.39 is 37.0 Å². The van der Waals surface area contributed by atoms with Gasteiger partial charge in [0.25, 0.3) is 0 Å². The Hall–Kier alpha value is -2.12. The van der Waals surface area contributed by atoms with Crippen molar-refractivity contribution >= 4 is 24.1 Å². The molecule has 0 unspecified atom stereocenters. The van der Waals surface area contributed by atoms with Gasteiger partial charge in [-0.25, -0.2) is 9.59 Å². The van der Waals surface area contributed by atoms with Crippen molar-refractivity contribution in [2.75, 3.05) is 0 Å². The fourth-order valence-electron chi connectivity index (χ4n) is 0.531. The predicted octanol–water partition coefficient (Wildman–Crippen LogP) is -0.990. The van der Waals surface area contributed by atoms with Gasteiger partial charge in [0.05, 0.1) is 12.8 Å². The van der Waals surface area contributed by atoms with Crippen LogP contribution in [0.25, 0.3) is 0 Å². The van der Waals surface area contributed by atoms with Crippen LogP contribution in [0.3, 0.4) is 0 Å². The Balaban J connectivity index is 3.72. The van der Waals surface area contributed by atoms with Crippen molar-refractivity contribution in [2.45, 2.75) is 12.8 Å². The van der Waals surface area contributed by atoms with Gasteiger partial charge in [0.2, 0.25) is 0 Å². The Morgan fingerprint density at radius 2 is 1.07 bits per heavy atom. The highest BCUT2D eigenvalue weighted by Crippen LogP contribution is 1.95. The van der Waals surface area contributed by atoms with Gasteiger partial charge in [-0.05, 0) is 0 Å². The third-order valence-corrected chi connectivity index (χ3v) is 0.962. The van der Waals surface area contributed by atoms with Crippen LogP contribution in [0.15, 0.2) is 0 Å². The second kappa shape index (κ2) is 5.51. The molecule has 78 valence electrons. The summed E-state index contributed by atoms with van der Waals surface area (Å²) in [6, 6.07) is 0. The molecule has 14 heavy (non-hydrogen) atoms. The Kier molecular flexibility index (Phi) is 4.68. The summed E-state index contributed by atoms with van der Waals surface area (Å²) in [4.78, 5) is 41.2. The van der Waals surface area contributed by atoms with Gasteiger partial charge in [0.15, 0.2) is 0 Å². The molecule has 0 fully saturated rings. The van der Waals surface area contributed by atoms with E-state index in [1.807, 2.05) is 0 Å². The molecule has 4 N–H and O–H groups in total. The SMILES string of the molecule is NC(=O)OC(=O)CCC(=O)OC(N)=O. The zero-order valence-corrected chi connectivity index (χ0v) is 7.02. The molecule has 0 aromatic carbocycles. The minimum Gasteiger partial charge on any atom is -0.376 e. The molecule has 8 heteroatoms. The van der Waals surface area contributed by atoms with E-state index in [1.165, 1.54) is 0 Å². The number of ether oxygens (including phenoxy) is 2. The average molecular weight is 204 g/mol. The molecular formula is C6H8N2O6. The lowest BCUT2D eigenvalue weighted by Crippen LogP contribution is -2.21. The lowest BCUT2D eigenvalue weighted by molar-refractivity contribution is -0.143. The molecule has 0 aliphatic carbocycles. The zero-order chi connectivity index (χ0) is 11.1. The molecule has 0 rings (SSSR count). The molecule has 0 bridgehead atoms. The molecular weight excluding hydrogens is 196 g/mol. The van der Waals surface area contributed by atoms with Gasteiger partial charge in [-0.3, -0.25) is 9.59 Å². The van der Waals surface area contributed by atoms with Gasteiger partial charge < -0.3 is 20.9 Å². The van der Waals surface area contributed by atoms with Gasteiger partial charge in [-0.2, -0.15) is 0 Å². The minimum absolute atomic E-state index is 0.422. The van der Waals surface area contributed by atoms with E-state index in [0.717, 1.165) is 0 Å². The van der Waals surface area contributed by atoms with E-state index in [4.69, 9.17) is 0 Å². The summed E-state index contributed by atoms with van der Waals surface area (Å²) < 4.78 is 7.76. The van der Waals surface area contributed by atoms with Crippen LogP contribution in [0.4, 0.5) is 9.59 Å². The minimum atomic E-state index is -1.27. The molecule has 0 aliphatic heterocycles. The number of primary amides is 2. The molecule has 0 heterocycles. The number of hydrogen-bond donors (Lipinski definition) is 2. The van der Waals surface area contributed by atoms with Crippen LogP contribution in [0.5, 0.6) is 0 Å². The largest absolute Gasteiger partial charge is 0.412 e. The van der Waals surface area contributed by atoms with Crippen molar-refractivity contribution in [2.24, 2.45) is 11.5 Å². The van der Waals surface area contributed by atoms with E-state index >= 15 is 0 Å². The molecule has 0 spiro atoms. The standard InChI is InChI=1S/C6H8N2O6/c7-5(11)13-3(9)1-2-4(10)14-6(8)12/h1-2H2,(H2,7,11)(H2,8,12). The van der Waals surface area contributed by atoms with Crippen LogP contribution in [0.2, 0.25) is 0 Å². The van der Waals surface area contributed by atoms with E-state index in [0.29, 0.717) is 0 Å². The van der Waals surface area contributed by atoms with Crippen molar-refractivity contribution in [1.82, 2.24) is 0 Å². The van der Waals surface area contributed by atoms with Crippen molar-refractivity contribution in [1.29, 1.82) is 0 Å². The van der Waals surface area contributed by atoms with E-state index in [9.17, 15) is 19.2 Å². The van der Waals surface area contributed by atoms with Gasteiger partial charge in [0, 0.05) is 0 Å². The zero-order valence-electron chi connectivity index (χ0n) is 7.02. The molecule has 0 saturated heterocycles. The first kappa shape index (κ1) is 11.9. The lowest BCUT2D eigenvalue weighted by atomic mass is 10.3. The topological polar surface area (TPSA) is 139 Å². The molecule has 2 amide bonds. The number of carbonyl (C=O) groups excluding carboxylic acids is 4. The van der Waals surface area contributed by atoms with Crippen LogP contribution in [0, 0.1) is 0 Å². The van der Waals surface area contributed by atoms with Crippen molar-refractivity contribution < 1.29 is 28.7 Å². The summed E-state index contributed by atoms with van der Waals surface area (Å²) in [6.45, 7) is 0. The van der Waals surface area contributed by atoms with Gasteiger partial charge in [0.1, 0.15) is 0 Å². The summed E-state index contributed by atoms with van der Waals surface area (Å²) in [5, 5.41) is 0. The molecule has 0 aromatic rings. The third kappa shape index (κ3) is 6.58. The van der Waals surface area contributed by atoms with Crippen molar-refractivity contribution in [3.63, 3.8) is 0 Å². The maximum Gasteiger partial charge on any atom is 0.412 e. The Morgan fingerprint density at radius 1 is 0.786 bits per heavy atom. The molecule has 0 aromatic heterocycles. The number of hydrogen-bond acceptors (Lipinski definition) is 6. The van der Waals surface area contributed by atoms with Crippen LogP contribution in [-0.4, -0.2) is 24.1 Å². The lowest BCUT2D eigenvalue weighted by Gasteiger charge is -1.99. The molecule has 0 saturated carbocycles. The highest BCUT2D eigenvalue weighted by molar-refractivity contribution is 5.88. The second-order valence-corrected chi connectivity index (χ2v) is 2.09. The fourth-order valence-corrected chi connectivity index (χ4v) is 0.531. The highest BCUT2D eigenvalue weighted by atomic mass is 16.6. The molecule has 8 nitrogen and oxygen atoms in total. The Morgan fingerprint density at radius 3 is 1.29 bits per heavy atom. The quantitative estimate of drug-likeness (QED) is 0.446. The fraction of sp³-hybridized carbons (Fsp3) is 0.333. The van der Waals surface area contributed by atoms with E-state index in [1.54, 1.807) is 0 Å². The van der Waals surface area contributed by atoms with Gasteiger partial charge in [-0.1, -0.05) is 0 Å². The third-order valence-electron chi connectivity index (χ3n) is 0.962. The molecule has 0 radical (unpaired) electrons. The number of carbonyl (C=O) groups is 4. The molecule has 0 atom stereocenters. The monoisotopic (exact) mass is 204 g/mol. The van der Waals surface area contributed by atoms with E-state index in [-0.39, 0.29) is 0 Å². The van der Waals surface area contributed by atoms with Gasteiger partial charge >= 0.3 is 24.1 Å².